The molecule has 1 atom stereocenters. The van der Waals surface area contributed by atoms with Gasteiger partial charge in [0.1, 0.15) is 6.04 Å². The van der Waals surface area contributed by atoms with Crippen molar-refractivity contribution in [2.24, 2.45) is 11.1 Å². The Bertz CT molecular complexity index is 521. The zero-order valence-corrected chi connectivity index (χ0v) is 11.0. The smallest absolute Gasteiger partial charge is 0.321 e. The quantitative estimate of drug-likeness (QED) is 0.883. The molecule has 96 valence electrons. The highest BCUT2D eigenvalue weighted by Crippen LogP contribution is 2.75. The van der Waals surface area contributed by atoms with E-state index in [0.717, 1.165) is 29.8 Å². The predicted octanol–water partition coefficient (Wildman–Crippen LogP) is 2.48. The van der Waals surface area contributed by atoms with Gasteiger partial charge in [-0.2, -0.15) is 0 Å². The molecule has 0 aliphatic heterocycles. The number of rotatable bonds is 3. The largest absolute Gasteiger partial charge is 0.480 e. The Labute approximate surface area is 111 Å². The van der Waals surface area contributed by atoms with E-state index < -0.39 is 12.0 Å². The van der Waals surface area contributed by atoms with Gasteiger partial charge >= 0.3 is 5.97 Å². The van der Waals surface area contributed by atoms with Gasteiger partial charge in [-0.25, -0.2) is 0 Å². The van der Waals surface area contributed by atoms with Gasteiger partial charge in [0, 0.05) is 5.02 Å². The molecule has 0 aromatic heterocycles. The molecule has 3 fully saturated rings. The van der Waals surface area contributed by atoms with E-state index in [2.05, 4.69) is 6.07 Å². The molecule has 0 heterocycles. The van der Waals surface area contributed by atoms with Gasteiger partial charge in [0.15, 0.2) is 0 Å². The number of nitrogens with two attached hydrogens (primary N) is 1. The normalized spacial score (nSPS) is 34.4. The van der Waals surface area contributed by atoms with Crippen molar-refractivity contribution in [3.05, 3.63) is 34.3 Å². The standard InChI is InChI=1S/C14H16ClNO2/c1-8-9(3-2-4-10(8)15)13-5-14(6-13,7-13)11(16)12(17)18/h2-4,11H,5-7,16H2,1H3,(H,17,18). The Morgan fingerprint density at radius 3 is 2.61 bits per heavy atom. The summed E-state index contributed by atoms with van der Waals surface area (Å²) in [6, 6.07) is 5.25. The molecule has 0 amide bonds. The van der Waals surface area contributed by atoms with Crippen molar-refractivity contribution < 1.29 is 9.90 Å². The summed E-state index contributed by atoms with van der Waals surface area (Å²) >= 11 is 6.15. The highest BCUT2D eigenvalue weighted by molar-refractivity contribution is 6.31. The Morgan fingerprint density at radius 2 is 2.06 bits per heavy atom. The van der Waals surface area contributed by atoms with Crippen LogP contribution in [0.25, 0.3) is 0 Å². The SMILES string of the molecule is Cc1c(Cl)cccc1C12CC(C(N)C(=O)O)(C1)C2. The molecule has 4 heteroatoms. The molecule has 3 nitrogen and oxygen atoms in total. The van der Waals surface area contributed by atoms with Gasteiger partial charge in [-0.3, -0.25) is 4.79 Å². The maximum Gasteiger partial charge on any atom is 0.321 e. The van der Waals surface area contributed by atoms with E-state index in [1.165, 1.54) is 5.56 Å². The summed E-state index contributed by atoms with van der Waals surface area (Å²) in [7, 11) is 0. The number of carboxylic acids is 1. The van der Waals surface area contributed by atoms with Crippen LogP contribution in [0.15, 0.2) is 18.2 Å². The molecule has 1 aromatic carbocycles. The molecule has 4 rings (SSSR count). The van der Waals surface area contributed by atoms with Gasteiger partial charge in [-0.15, -0.1) is 0 Å². The van der Waals surface area contributed by atoms with Crippen molar-refractivity contribution in [1.29, 1.82) is 0 Å². The van der Waals surface area contributed by atoms with Gasteiger partial charge in [0.05, 0.1) is 0 Å². The summed E-state index contributed by atoms with van der Waals surface area (Å²) in [6.07, 6.45) is 2.65. The molecule has 18 heavy (non-hydrogen) atoms. The van der Waals surface area contributed by atoms with E-state index in [1.807, 2.05) is 19.1 Å². The molecule has 3 N–H and O–H groups in total. The Kier molecular flexibility index (Phi) is 2.32. The fourth-order valence-electron chi connectivity index (χ4n) is 3.93. The van der Waals surface area contributed by atoms with E-state index in [1.54, 1.807) is 0 Å². The Balaban J connectivity index is 1.84. The van der Waals surface area contributed by atoms with Crippen LogP contribution in [-0.4, -0.2) is 17.1 Å². The molecule has 3 aliphatic rings. The minimum Gasteiger partial charge on any atom is -0.480 e. The topological polar surface area (TPSA) is 63.3 Å². The molecule has 2 bridgehead atoms. The average Bonchev–Trinajstić information content (AvgIpc) is 2.20. The first-order chi connectivity index (χ1) is 8.40. The van der Waals surface area contributed by atoms with Gasteiger partial charge < -0.3 is 10.8 Å². The zero-order chi connectivity index (χ0) is 13.1. The molecule has 3 saturated carbocycles. The third kappa shape index (κ3) is 1.32. The minimum atomic E-state index is -0.883. The van der Waals surface area contributed by atoms with Crippen LogP contribution >= 0.6 is 11.6 Å². The van der Waals surface area contributed by atoms with E-state index >= 15 is 0 Å². The van der Waals surface area contributed by atoms with Crippen LogP contribution in [-0.2, 0) is 10.2 Å². The predicted molar refractivity (Wildman–Crippen MR) is 69.8 cm³/mol. The van der Waals surface area contributed by atoms with Crippen LogP contribution < -0.4 is 5.73 Å². The summed E-state index contributed by atoms with van der Waals surface area (Å²) in [4.78, 5) is 11.0. The number of aliphatic carboxylic acids is 1. The lowest BCUT2D eigenvalue weighted by molar-refractivity contribution is -0.179. The van der Waals surface area contributed by atoms with Crippen LogP contribution in [0.1, 0.15) is 30.4 Å². The number of halogens is 1. The number of hydrogen-bond donors (Lipinski definition) is 2. The highest BCUT2D eigenvalue weighted by Gasteiger charge is 2.71. The summed E-state index contributed by atoms with van der Waals surface area (Å²) in [5.74, 6) is -0.883. The fraction of sp³-hybridized carbons (Fsp3) is 0.500. The maximum atomic E-state index is 11.0. The molecule has 0 radical (unpaired) electrons. The van der Waals surface area contributed by atoms with Crippen molar-refractivity contribution in [2.45, 2.75) is 37.6 Å². The summed E-state index contributed by atoms with van der Waals surface area (Å²) < 4.78 is 0. The number of carboxylic acid groups (broad SMARTS) is 1. The van der Waals surface area contributed by atoms with Crippen LogP contribution in [0.2, 0.25) is 5.02 Å². The van der Waals surface area contributed by atoms with E-state index in [9.17, 15) is 4.79 Å². The van der Waals surface area contributed by atoms with Gasteiger partial charge in [-0.05, 0) is 54.2 Å². The van der Waals surface area contributed by atoms with Crippen molar-refractivity contribution in [3.63, 3.8) is 0 Å². The first-order valence-electron chi connectivity index (χ1n) is 6.14. The lowest BCUT2D eigenvalue weighted by atomic mass is 9.31. The molecule has 0 saturated heterocycles. The fourth-order valence-corrected chi connectivity index (χ4v) is 4.10. The first kappa shape index (κ1) is 12.0. The molecular weight excluding hydrogens is 250 g/mol. The lowest BCUT2D eigenvalue weighted by Gasteiger charge is -2.72. The second kappa shape index (κ2) is 3.49. The minimum absolute atomic E-state index is 0.141. The van der Waals surface area contributed by atoms with Crippen LogP contribution in [0.3, 0.4) is 0 Å². The number of carbonyl (C=O) groups is 1. The molecule has 3 aliphatic carbocycles. The number of benzene rings is 1. The zero-order valence-electron chi connectivity index (χ0n) is 10.2. The van der Waals surface area contributed by atoms with Crippen LogP contribution in [0.5, 0.6) is 0 Å². The van der Waals surface area contributed by atoms with Gasteiger partial charge in [0.25, 0.3) is 0 Å². The van der Waals surface area contributed by atoms with Crippen LogP contribution in [0, 0.1) is 12.3 Å². The Morgan fingerprint density at radius 1 is 1.44 bits per heavy atom. The van der Waals surface area contributed by atoms with E-state index in [4.69, 9.17) is 22.4 Å². The summed E-state index contributed by atoms with van der Waals surface area (Å²) in [6.45, 7) is 2.03. The third-order valence-electron chi connectivity index (χ3n) is 4.84. The third-order valence-corrected chi connectivity index (χ3v) is 5.25. The molecule has 1 aromatic rings. The van der Waals surface area contributed by atoms with Crippen molar-refractivity contribution >= 4 is 17.6 Å². The van der Waals surface area contributed by atoms with Crippen molar-refractivity contribution in [2.75, 3.05) is 0 Å². The summed E-state index contributed by atoms with van der Waals surface area (Å²) in [5, 5.41) is 9.80. The second-order valence-corrected chi connectivity index (χ2v) is 6.31. The Hall–Kier alpha value is -1.06. The lowest BCUT2D eigenvalue weighted by Crippen LogP contribution is -2.72. The molecular formula is C14H16ClNO2. The highest BCUT2D eigenvalue weighted by atomic mass is 35.5. The molecule has 1 unspecified atom stereocenters. The molecule has 0 spiro atoms. The monoisotopic (exact) mass is 265 g/mol. The van der Waals surface area contributed by atoms with Crippen LogP contribution in [0.4, 0.5) is 0 Å². The maximum absolute atomic E-state index is 11.0. The van der Waals surface area contributed by atoms with Crippen molar-refractivity contribution in [3.8, 4) is 0 Å². The van der Waals surface area contributed by atoms with Gasteiger partial charge in [0.2, 0.25) is 0 Å². The average molecular weight is 266 g/mol. The van der Waals surface area contributed by atoms with E-state index in [0.29, 0.717) is 0 Å². The van der Waals surface area contributed by atoms with Gasteiger partial charge in [-0.1, -0.05) is 23.7 Å². The van der Waals surface area contributed by atoms with E-state index in [-0.39, 0.29) is 10.8 Å². The number of hydrogen-bond acceptors (Lipinski definition) is 2. The second-order valence-electron chi connectivity index (χ2n) is 5.90. The summed E-state index contributed by atoms with van der Waals surface area (Å²) in [5.41, 5.74) is 8.14. The van der Waals surface area contributed by atoms with Crippen molar-refractivity contribution in [1.82, 2.24) is 0 Å². The first-order valence-corrected chi connectivity index (χ1v) is 6.52.